The van der Waals surface area contributed by atoms with Crippen molar-refractivity contribution in [2.45, 2.75) is 25.8 Å². The molecule has 2 atom stereocenters. The van der Waals surface area contributed by atoms with E-state index < -0.39 is 0 Å². The maximum Gasteiger partial charge on any atom is 0.0768 e. The van der Waals surface area contributed by atoms with E-state index in [1.165, 1.54) is 39.0 Å². The van der Waals surface area contributed by atoms with Crippen molar-refractivity contribution in [3.05, 3.63) is 0 Å². The van der Waals surface area contributed by atoms with Crippen LogP contribution in [0.3, 0.4) is 0 Å². The average Bonchev–Trinajstić information content (AvgIpc) is 2.64. The van der Waals surface area contributed by atoms with Crippen LogP contribution in [0.4, 0.5) is 0 Å². The molecule has 4 heteroatoms. The molecule has 0 aromatic heterocycles. The van der Waals surface area contributed by atoms with Crippen LogP contribution >= 0.6 is 12.2 Å². The summed E-state index contributed by atoms with van der Waals surface area (Å²) >= 11 is 5.02. The minimum absolute atomic E-state index is 0.355. The van der Waals surface area contributed by atoms with Gasteiger partial charge in [0.1, 0.15) is 0 Å². The summed E-state index contributed by atoms with van der Waals surface area (Å²) in [6.45, 7) is 8.11. The van der Waals surface area contributed by atoms with E-state index in [0.29, 0.717) is 10.9 Å². The van der Waals surface area contributed by atoms with Gasteiger partial charge in [0, 0.05) is 38.1 Å². The summed E-state index contributed by atoms with van der Waals surface area (Å²) in [4.78, 5) is 5.81. The lowest BCUT2D eigenvalue weighted by atomic mass is 10.1. The molecule has 2 saturated heterocycles. The highest BCUT2D eigenvalue weighted by Gasteiger charge is 2.30. The van der Waals surface area contributed by atoms with Crippen molar-refractivity contribution in [3.8, 4) is 0 Å². The Hall–Kier alpha value is -0.190. The molecule has 2 heterocycles. The van der Waals surface area contributed by atoms with E-state index in [2.05, 4.69) is 16.7 Å². The van der Waals surface area contributed by atoms with Crippen molar-refractivity contribution in [1.29, 1.82) is 0 Å². The van der Waals surface area contributed by atoms with Gasteiger partial charge in [-0.3, -0.25) is 9.80 Å². The summed E-state index contributed by atoms with van der Waals surface area (Å²) in [6.07, 6.45) is 2.75. The van der Waals surface area contributed by atoms with Crippen LogP contribution in [0.25, 0.3) is 0 Å². The van der Waals surface area contributed by atoms with Gasteiger partial charge in [0.25, 0.3) is 0 Å². The number of thiocarbonyl (C=S) groups is 1. The van der Waals surface area contributed by atoms with E-state index in [1.54, 1.807) is 0 Å². The van der Waals surface area contributed by atoms with Crippen molar-refractivity contribution in [2.75, 3.05) is 32.7 Å². The molecule has 0 saturated carbocycles. The molecule has 15 heavy (non-hydrogen) atoms. The third-order valence-electron chi connectivity index (χ3n) is 3.69. The van der Waals surface area contributed by atoms with Gasteiger partial charge in [0.05, 0.1) is 4.99 Å². The fourth-order valence-electron chi connectivity index (χ4n) is 2.70. The number of nitrogens with two attached hydrogens (primary N) is 1. The van der Waals surface area contributed by atoms with E-state index in [0.717, 1.165) is 12.6 Å². The molecule has 2 unspecified atom stereocenters. The lowest BCUT2D eigenvalue weighted by Crippen LogP contribution is -2.51. The van der Waals surface area contributed by atoms with Crippen LogP contribution < -0.4 is 5.73 Å². The van der Waals surface area contributed by atoms with Gasteiger partial charge >= 0.3 is 0 Å². The quantitative estimate of drug-likeness (QED) is 0.719. The lowest BCUT2D eigenvalue weighted by molar-refractivity contribution is 0.0999. The van der Waals surface area contributed by atoms with Crippen molar-refractivity contribution in [3.63, 3.8) is 0 Å². The Morgan fingerprint density at radius 1 is 1.47 bits per heavy atom. The number of nitrogens with zero attached hydrogens (tertiary/aromatic N) is 2. The summed E-state index contributed by atoms with van der Waals surface area (Å²) in [5, 5.41) is 0. The Morgan fingerprint density at radius 3 is 3.00 bits per heavy atom. The largest absolute Gasteiger partial charge is 0.393 e. The lowest BCUT2D eigenvalue weighted by Gasteiger charge is -2.38. The molecule has 2 aliphatic heterocycles. The van der Waals surface area contributed by atoms with Gasteiger partial charge in [-0.05, 0) is 19.4 Å². The van der Waals surface area contributed by atoms with Crippen molar-refractivity contribution in [1.82, 2.24) is 9.80 Å². The Bertz CT molecular complexity index is 244. The van der Waals surface area contributed by atoms with Crippen LogP contribution in [-0.4, -0.2) is 53.6 Å². The molecule has 2 rings (SSSR count). The van der Waals surface area contributed by atoms with Gasteiger partial charge in [0.2, 0.25) is 0 Å². The van der Waals surface area contributed by atoms with Crippen LogP contribution in [0.5, 0.6) is 0 Å². The fourth-order valence-corrected chi connectivity index (χ4v) is 2.77. The molecule has 86 valence electrons. The second-order valence-electron chi connectivity index (χ2n) is 4.90. The monoisotopic (exact) mass is 227 g/mol. The van der Waals surface area contributed by atoms with Crippen LogP contribution in [0, 0.1) is 5.92 Å². The number of hydrogen-bond acceptors (Lipinski definition) is 3. The molecule has 2 aliphatic rings. The molecular formula is C11H21N3S. The second-order valence-corrected chi connectivity index (χ2v) is 5.37. The predicted octanol–water partition coefficient (Wildman–Crippen LogP) is 0.689. The first-order chi connectivity index (χ1) is 7.16. The SMILES string of the molecule is CC(CN1CCN2CCCC2C1)C(N)=S. The van der Waals surface area contributed by atoms with Gasteiger partial charge in [-0.1, -0.05) is 19.1 Å². The molecule has 0 aromatic carbocycles. The molecule has 0 aliphatic carbocycles. The predicted molar refractivity (Wildman–Crippen MR) is 67.0 cm³/mol. The Morgan fingerprint density at radius 2 is 2.27 bits per heavy atom. The minimum Gasteiger partial charge on any atom is -0.393 e. The number of rotatable bonds is 3. The maximum absolute atomic E-state index is 5.65. The van der Waals surface area contributed by atoms with Gasteiger partial charge in [-0.15, -0.1) is 0 Å². The standard InChI is InChI=1S/C11H21N3S/c1-9(11(12)15)7-13-5-6-14-4-2-3-10(14)8-13/h9-10H,2-8H2,1H3,(H2,12,15). The normalized spacial score (nSPS) is 30.1. The molecule has 2 N–H and O–H groups in total. The van der Waals surface area contributed by atoms with E-state index in [1.807, 2.05) is 0 Å². The van der Waals surface area contributed by atoms with Gasteiger partial charge in [-0.2, -0.15) is 0 Å². The zero-order valence-corrected chi connectivity index (χ0v) is 10.3. The van der Waals surface area contributed by atoms with Crippen molar-refractivity contribution < 1.29 is 0 Å². The molecular weight excluding hydrogens is 206 g/mol. The summed E-state index contributed by atoms with van der Waals surface area (Å²) in [5.41, 5.74) is 5.65. The van der Waals surface area contributed by atoms with Crippen LogP contribution in [0.2, 0.25) is 0 Å². The Kier molecular flexibility index (Phi) is 3.59. The average molecular weight is 227 g/mol. The number of piperazine rings is 1. The molecule has 3 nitrogen and oxygen atoms in total. The molecule has 2 fully saturated rings. The van der Waals surface area contributed by atoms with Gasteiger partial charge in [0.15, 0.2) is 0 Å². The molecule has 0 bridgehead atoms. The maximum atomic E-state index is 5.65. The summed E-state index contributed by atoms with van der Waals surface area (Å²) in [5.74, 6) is 0.355. The zero-order valence-electron chi connectivity index (χ0n) is 9.48. The van der Waals surface area contributed by atoms with Crippen molar-refractivity contribution in [2.24, 2.45) is 11.7 Å². The molecule has 0 spiro atoms. The smallest absolute Gasteiger partial charge is 0.0768 e. The summed E-state index contributed by atoms with van der Waals surface area (Å²) in [7, 11) is 0. The third-order valence-corrected chi connectivity index (χ3v) is 4.09. The highest BCUT2D eigenvalue weighted by molar-refractivity contribution is 7.80. The van der Waals surface area contributed by atoms with Gasteiger partial charge < -0.3 is 5.73 Å². The highest BCUT2D eigenvalue weighted by Crippen LogP contribution is 2.21. The Balaban J connectivity index is 1.82. The van der Waals surface area contributed by atoms with Crippen molar-refractivity contribution >= 4 is 17.2 Å². The molecule has 0 radical (unpaired) electrons. The van der Waals surface area contributed by atoms with E-state index in [-0.39, 0.29) is 0 Å². The summed E-state index contributed by atoms with van der Waals surface area (Å²) < 4.78 is 0. The van der Waals surface area contributed by atoms with Crippen LogP contribution in [0.15, 0.2) is 0 Å². The van der Waals surface area contributed by atoms with Crippen LogP contribution in [-0.2, 0) is 0 Å². The van der Waals surface area contributed by atoms with Crippen LogP contribution in [0.1, 0.15) is 19.8 Å². The highest BCUT2D eigenvalue weighted by atomic mass is 32.1. The molecule has 0 aromatic rings. The van der Waals surface area contributed by atoms with Gasteiger partial charge in [-0.25, -0.2) is 0 Å². The minimum atomic E-state index is 0.355. The first-order valence-corrected chi connectivity index (χ1v) is 6.33. The zero-order chi connectivity index (χ0) is 10.8. The second kappa shape index (κ2) is 4.76. The summed E-state index contributed by atoms with van der Waals surface area (Å²) in [6, 6.07) is 0.803. The fraction of sp³-hybridized carbons (Fsp3) is 0.909. The topological polar surface area (TPSA) is 32.5 Å². The first kappa shape index (κ1) is 11.3. The van der Waals surface area contributed by atoms with E-state index >= 15 is 0 Å². The van der Waals surface area contributed by atoms with E-state index in [9.17, 15) is 0 Å². The number of hydrogen-bond donors (Lipinski definition) is 1. The van der Waals surface area contributed by atoms with E-state index in [4.69, 9.17) is 18.0 Å². The Labute approximate surface area is 97.6 Å². The number of fused-ring (bicyclic) bond motifs is 1. The molecule has 0 amide bonds. The third kappa shape index (κ3) is 2.68. The first-order valence-electron chi connectivity index (χ1n) is 5.92.